The van der Waals surface area contributed by atoms with Crippen molar-refractivity contribution in [3.8, 4) is 0 Å². The van der Waals surface area contributed by atoms with Crippen molar-refractivity contribution in [2.45, 2.75) is 26.1 Å². The van der Waals surface area contributed by atoms with Gasteiger partial charge in [0, 0.05) is 68.9 Å². The zero-order valence-electron chi connectivity index (χ0n) is 13.7. The molecule has 0 fully saturated rings. The molecular weight excluding hydrogens is 357 g/mol. The van der Waals surface area contributed by atoms with Gasteiger partial charge >= 0.3 is 0 Å². The van der Waals surface area contributed by atoms with Crippen LogP contribution < -0.4 is 0 Å². The minimum Gasteiger partial charge on any atom is -0.337 e. The van der Waals surface area contributed by atoms with Gasteiger partial charge < -0.3 is 4.57 Å². The summed E-state index contributed by atoms with van der Waals surface area (Å²) in [6.45, 7) is 3.27. The van der Waals surface area contributed by atoms with Gasteiger partial charge in [0.05, 0.1) is 16.4 Å². The van der Waals surface area contributed by atoms with Crippen LogP contribution in [0, 0.1) is 0 Å². The number of hydrogen-bond acceptors (Lipinski definition) is 4. The average molecular weight is 376 g/mol. The monoisotopic (exact) mass is 375 g/mol. The second-order valence-electron chi connectivity index (χ2n) is 5.81. The van der Waals surface area contributed by atoms with Crippen molar-refractivity contribution >= 4 is 23.2 Å². The summed E-state index contributed by atoms with van der Waals surface area (Å²) < 4.78 is 2.08. The fourth-order valence-electron chi connectivity index (χ4n) is 2.67. The highest BCUT2D eigenvalue weighted by Gasteiger charge is 2.13. The second kappa shape index (κ2) is 8.94. The highest BCUT2D eigenvalue weighted by atomic mass is 35.5. The minimum absolute atomic E-state index is 0.596. The van der Waals surface area contributed by atoms with Gasteiger partial charge in [-0.15, -0.1) is 0 Å². The zero-order valence-corrected chi connectivity index (χ0v) is 15.2. The van der Waals surface area contributed by atoms with Crippen LogP contribution in [0.15, 0.2) is 55.6 Å². The smallest absolute Gasteiger partial charge is 0.0945 e. The maximum absolute atomic E-state index is 6.29. The third-order valence-electron chi connectivity index (χ3n) is 3.91. The summed E-state index contributed by atoms with van der Waals surface area (Å²) in [6.07, 6.45) is 13.5. The van der Waals surface area contributed by atoms with E-state index in [1.54, 1.807) is 24.8 Å². The van der Waals surface area contributed by atoms with E-state index in [1.807, 2.05) is 24.8 Å². The summed E-state index contributed by atoms with van der Waals surface area (Å²) in [5.41, 5.74) is 2.07. The van der Waals surface area contributed by atoms with Gasteiger partial charge in [-0.1, -0.05) is 29.3 Å². The van der Waals surface area contributed by atoms with Crippen molar-refractivity contribution in [1.29, 1.82) is 0 Å². The Morgan fingerprint density at radius 3 is 2.48 bits per heavy atom. The van der Waals surface area contributed by atoms with Crippen molar-refractivity contribution < 1.29 is 0 Å². The standard InChI is InChI=1S/C18H19Cl2N5/c19-17-10-23-11-18(20)16(17)13-25(12-15-3-1-4-21-9-15)7-2-6-24-8-5-22-14-24/h1,3-5,8-11,14H,2,6-7,12-13H2. The van der Waals surface area contributed by atoms with Crippen LogP contribution in [0.2, 0.25) is 10.0 Å². The fraction of sp³-hybridized carbons (Fsp3) is 0.278. The second-order valence-corrected chi connectivity index (χ2v) is 6.62. The van der Waals surface area contributed by atoms with Crippen molar-refractivity contribution in [2.24, 2.45) is 0 Å². The first-order valence-corrected chi connectivity index (χ1v) is 8.83. The van der Waals surface area contributed by atoms with Crippen molar-refractivity contribution in [1.82, 2.24) is 24.4 Å². The van der Waals surface area contributed by atoms with Gasteiger partial charge in [0.15, 0.2) is 0 Å². The van der Waals surface area contributed by atoms with Crippen molar-refractivity contribution in [3.05, 3.63) is 76.8 Å². The lowest BCUT2D eigenvalue weighted by Gasteiger charge is -2.23. The Balaban J connectivity index is 1.69. The maximum Gasteiger partial charge on any atom is 0.0945 e. The highest BCUT2D eigenvalue weighted by molar-refractivity contribution is 6.35. The predicted octanol–water partition coefficient (Wildman–Crippen LogP) is 4.07. The molecule has 0 saturated carbocycles. The van der Waals surface area contributed by atoms with Gasteiger partial charge in [-0.2, -0.15) is 0 Å². The molecule has 0 aromatic carbocycles. The molecule has 0 spiro atoms. The number of rotatable bonds is 8. The molecular formula is C18H19Cl2N5. The van der Waals surface area contributed by atoms with Crippen LogP contribution in [0.25, 0.3) is 0 Å². The molecule has 0 unspecified atom stereocenters. The Labute approximate surface area is 157 Å². The third kappa shape index (κ3) is 5.26. The molecule has 3 rings (SSSR count). The van der Waals surface area contributed by atoms with E-state index in [0.29, 0.717) is 16.6 Å². The summed E-state index contributed by atoms with van der Waals surface area (Å²) in [5, 5.41) is 1.19. The van der Waals surface area contributed by atoms with E-state index in [0.717, 1.165) is 37.2 Å². The first-order chi connectivity index (χ1) is 12.2. The number of hydrogen-bond donors (Lipinski definition) is 0. The quantitative estimate of drug-likeness (QED) is 0.595. The molecule has 0 atom stereocenters. The van der Waals surface area contributed by atoms with E-state index in [-0.39, 0.29) is 0 Å². The number of halogens is 2. The largest absolute Gasteiger partial charge is 0.337 e. The number of aryl methyl sites for hydroxylation is 1. The molecule has 0 aliphatic heterocycles. The lowest BCUT2D eigenvalue weighted by atomic mass is 10.2. The van der Waals surface area contributed by atoms with E-state index >= 15 is 0 Å². The Morgan fingerprint density at radius 1 is 0.960 bits per heavy atom. The molecule has 25 heavy (non-hydrogen) atoms. The Kier molecular flexibility index (Phi) is 6.39. The topological polar surface area (TPSA) is 46.8 Å². The molecule has 0 saturated heterocycles. The molecule has 130 valence electrons. The fourth-order valence-corrected chi connectivity index (χ4v) is 3.16. The van der Waals surface area contributed by atoms with Crippen LogP contribution in [0.4, 0.5) is 0 Å². The number of pyridine rings is 2. The molecule has 7 heteroatoms. The maximum atomic E-state index is 6.29. The van der Waals surface area contributed by atoms with Gasteiger partial charge in [-0.25, -0.2) is 4.98 Å². The third-order valence-corrected chi connectivity index (χ3v) is 4.56. The lowest BCUT2D eigenvalue weighted by Crippen LogP contribution is -2.25. The van der Waals surface area contributed by atoms with Gasteiger partial charge in [-0.05, 0) is 18.1 Å². The van der Waals surface area contributed by atoms with Gasteiger partial charge in [0.2, 0.25) is 0 Å². The van der Waals surface area contributed by atoms with E-state index in [2.05, 4.69) is 30.5 Å². The first-order valence-electron chi connectivity index (χ1n) is 8.07. The summed E-state index contributed by atoms with van der Waals surface area (Å²) in [7, 11) is 0. The molecule has 0 aliphatic rings. The Hall–Kier alpha value is -1.95. The van der Waals surface area contributed by atoms with Gasteiger partial charge in [-0.3, -0.25) is 14.9 Å². The van der Waals surface area contributed by atoms with Crippen molar-refractivity contribution in [3.63, 3.8) is 0 Å². The van der Waals surface area contributed by atoms with E-state index in [4.69, 9.17) is 23.2 Å². The average Bonchev–Trinajstić information content (AvgIpc) is 3.12. The van der Waals surface area contributed by atoms with Crippen LogP contribution in [0.1, 0.15) is 17.5 Å². The van der Waals surface area contributed by atoms with Crippen LogP contribution in [-0.4, -0.2) is 31.0 Å². The molecule has 0 aliphatic carbocycles. The lowest BCUT2D eigenvalue weighted by molar-refractivity contribution is 0.248. The van der Waals surface area contributed by atoms with Crippen LogP contribution in [0.3, 0.4) is 0 Å². The predicted molar refractivity (Wildman–Crippen MR) is 99.5 cm³/mol. The first kappa shape index (κ1) is 17.9. The molecule has 0 radical (unpaired) electrons. The molecule has 3 aromatic heterocycles. The van der Waals surface area contributed by atoms with E-state index < -0.39 is 0 Å². The molecule has 5 nitrogen and oxygen atoms in total. The van der Waals surface area contributed by atoms with Gasteiger partial charge in [0.1, 0.15) is 0 Å². The number of aromatic nitrogens is 4. The highest BCUT2D eigenvalue weighted by Crippen LogP contribution is 2.25. The van der Waals surface area contributed by atoms with Crippen molar-refractivity contribution in [2.75, 3.05) is 6.54 Å². The number of nitrogens with zero attached hydrogens (tertiary/aromatic N) is 5. The molecule has 3 aromatic rings. The summed E-state index contributed by atoms with van der Waals surface area (Å²) >= 11 is 12.6. The van der Waals surface area contributed by atoms with Crippen LogP contribution in [0.5, 0.6) is 0 Å². The van der Waals surface area contributed by atoms with Gasteiger partial charge in [0.25, 0.3) is 0 Å². The van der Waals surface area contributed by atoms with E-state index in [1.165, 1.54) is 0 Å². The molecule has 0 bridgehead atoms. The zero-order chi connectivity index (χ0) is 17.5. The number of imidazole rings is 1. The molecule has 0 amide bonds. The summed E-state index contributed by atoms with van der Waals surface area (Å²) in [4.78, 5) is 14.6. The molecule has 3 heterocycles. The summed E-state index contributed by atoms with van der Waals surface area (Å²) in [5.74, 6) is 0. The molecule has 0 N–H and O–H groups in total. The minimum atomic E-state index is 0.596. The van der Waals surface area contributed by atoms with Crippen LogP contribution in [-0.2, 0) is 19.6 Å². The summed E-state index contributed by atoms with van der Waals surface area (Å²) in [6, 6.07) is 4.02. The Morgan fingerprint density at radius 2 is 1.80 bits per heavy atom. The van der Waals surface area contributed by atoms with E-state index in [9.17, 15) is 0 Å². The Bertz CT molecular complexity index is 757. The SMILES string of the molecule is Clc1cncc(Cl)c1CN(CCCn1ccnc1)Cc1cccnc1. The normalized spacial score (nSPS) is 11.2. The van der Waals surface area contributed by atoms with Crippen LogP contribution >= 0.6 is 23.2 Å².